The third kappa shape index (κ3) is 3.47. The number of rotatable bonds is 7. The Balaban J connectivity index is 2.63. The van der Waals surface area contributed by atoms with E-state index in [2.05, 4.69) is 13.8 Å². The Bertz CT molecular complexity index is 254. The standard InChI is InChI=1S/C15H28O3/c1-4-5-13-6-9-15(10-7-13,14(16)17)12(2)8-11-18-3/h12-13H,4-11H2,1-3H3,(H,16,17). The molecule has 1 saturated carbocycles. The van der Waals surface area contributed by atoms with Gasteiger partial charge in [0.05, 0.1) is 5.41 Å². The van der Waals surface area contributed by atoms with Gasteiger partial charge in [0, 0.05) is 13.7 Å². The molecule has 0 bridgehead atoms. The maximum absolute atomic E-state index is 11.7. The third-order valence-electron chi connectivity index (χ3n) is 4.82. The molecule has 0 aromatic carbocycles. The van der Waals surface area contributed by atoms with Crippen LogP contribution in [0.3, 0.4) is 0 Å². The lowest BCUT2D eigenvalue weighted by molar-refractivity contribution is -0.156. The number of hydrogen-bond acceptors (Lipinski definition) is 2. The lowest BCUT2D eigenvalue weighted by Crippen LogP contribution is -2.41. The summed E-state index contributed by atoms with van der Waals surface area (Å²) in [5.41, 5.74) is -0.497. The van der Waals surface area contributed by atoms with Gasteiger partial charge < -0.3 is 9.84 Å². The second-order valence-corrected chi connectivity index (χ2v) is 5.88. The summed E-state index contributed by atoms with van der Waals surface area (Å²) in [6, 6.07) is 0. The number of methoxy groups -OCH3 is 1. The Hall–Kier alpha value is -0.570. The molecule has 0 aromatic heterocycles. The van der Waals surface area contributed by atoms with Crippen LogP contribution >= 0.6 is 0 Å². The maximum Gasteiger partial charge on any atom is 0.309 e. The van der Waals surface area contributed by atoms with E-state index in [1.54, 1.807) is 7.11 Å². The van der Waals surface area contributed by atoms with Crippen LogP contribution in [0.1, 0.15) is 58.8 Å². The monoisotopic (exact) mass is 256 g/mol. The highest BCUT2D eigenvalue weighted by Crippen LogP contribution is 2.46. The van der Waals surface area contributed by atoms with Crippen LogP contribution in [0.4, 0.5) is 0 Å². The summed E-state index contributed by atoms with van der Waals surface area (Å²) in [6.07, 6.45) is 7.16. The minimum Gasteiger partial charge on any atom is -0.481 e. The average molecular weight is 256 g/mol. The first-order valence-corrected chi connectivity index (χ1v) is 7.29. The highest BCUT2D eigenvalue weighted by Gasteiger charge is 2.45. The molecule has 0 saturated heterocycles. The summed E-state index contributed by atoms with van der Waals surface area (Å²) in [5, 5.41) is 9.63. The quantitative estimate of drug-likeness (QED) is 0.755. The Morgan fingerprint density at radius 2 is 2.06 bits per heavy atom. The van der Waals surface area contributed by atoms with Gasteiger partial charge in [0.15, 0.2) is 0 Å². The molecule has 0 amide bonds. The summed E-state index contributed by atoms with van der Waals surface area (Å²) in [7, 11) is 1.68. The fraction of sp³-hybridized carbons (Fsp3) is 0.933. The van der Waals surface area contributed by atoms with Gasteiger partial charge >= 0.3 is 5.97 Å². The molecular formula is C15H28O3. The van der Waals surface area contributed by atoms with Crippen molar-refractivity contribution in [3.8, 4) is 0 Å². The predicted molar refractivity (Wildman–Crippen MR) is 72.6 cm³/mol. The Labute approximate surface area is 111 Å². The number of carboxylic acid groups (broad SMARTS) is 1. The van der Waals surface area contributed by atoms with Gasteiger partial charge in [0.25, 0.3) is 0 Å². The molecule has 1 unspecified atom stereocenters. The Morgan fingerprint density at radius 3 is 2.50 bits per heavy atom. The SMILES string of the molecule is CCCC1CCC(C(=O)O)(C(C)CCOC)CC1. The summed E-state index contributed by atoms with van der Waals surface area (Å²) in [6.45, 7) is 4.95. The molecule has 3 nitrogen and oxygen atoms in total. The minimum atomic E-state index is -0.596. The normalized spacial score (nSPS) is 30.1. The summed E-state index contributed by atoms with van der Waals surface area (Å²) in [4.78, 5) is 11.7. The zero-order chi connectivity index (χ0) is 13.6. The van der Waals surface area contributed by atoms with Crippen molar-refractivity contribution in [3.05, 3.63) is 0 Å². The van der Waals surface area contributed by atoms with Crippen molar-refractivity contribution in [3.63, 3.8) is 0 Å². The van der Waals surface area contributed by atoms with Crippen molar-refractivity contribution in [2.45, 2.75) is 58.8 Å². The van der Waals surface area contributed by atoms with Gasteiger partial charge in [0.2, 0.25) is 0 Å². The van der Waals surface area contributed by atoms with Gasteiger partial charge in [-0.25, -0.2) is 0 Å². The first-order chi connectivity index (χ1) is 8.56. The molecule has 1 atom stereocenters. The van der Waals surface area contributed by atoms with Gasteiger partial charge in [-0.15, -0.1) is 0 Å². The first kappa shape index (κ1) is 15.5. The largest absolute Gasteiger partial charge is 0.481 e. The fourth-order valence-corrected chi connectivity index (χ4v) is 3.38. The number of ether oxygens (including phenoxy) is 1. The molecule has 0 aromatic rings. The second kappa shape index (κ2) is 7.13. The van der Waals surface area contributed by atoms with Crippen LogP contribution < -0.4 is 0 Å². The van der Waals surface area contributed by atoms with E-state index in [1.165, 1.54) is 12.8 Å². The van der Waals surface area contributed by atoms with Crippen molar-refractivity contribution in [1.29, 1.82) is 0 Å². The van der Waals surface area contributed by atoms with Crippen molar-refractivity contribution in [2.75, 3.05) is 13.7 Å². The van der Waals surface area contributed by atoms with Gasteiger partial charge in [-0.1, -0.05) is 26.7 Å². The molecule has 1 rings (SSSR count). The molecule has 106 valence electrons. The summed E-state index contributed by atoms with van der Waals surface area (Å²) >= 11 is 0. The van der Waals surface area contributed by atoms with E-state index in [0.717, 1.165) is 38.0 Å². The van der Waals surface area contributed by atoms with Crippen molar-refractivity contribution >= 4 is 5.97 Å². The second-order valence-electron chi connectivity index (χ2n) is 5.88. The van der Waals surface area contributed by atoms with Gasteiger partial charge in [-0.05, 0) is 43.9 Å². The smallest absolute Gasteiger partial charge is 0.309 e. The number of carbonyl (C=O) groups is 1. The molecule has 1 N–H and O–H groups in total. The van der Waals surface area contributed by atoms with E-state index < -0.39 is 11.4 Å². The van der Waals surface area contributed by atoms with E-state index in [4.69, 9.17) is 4.74 Å². The van der Waals surface area contributed by atoms with Crippen LogP contribution in [0.2, 0.25) is 0 Å². The van der Waals surface area contributed by atoms with Crippen molar-refractivity contribution in [2.24, 2.45) is 17.3 Å². The highest BCUT2D eigenvalue weighted by molar-refractivity contribution is 5.75. The van der Waals surface area contributed by atoms with Crippen LogP contribution in [0.5, 0.6) is 0 Å². The molecule has 18 heavy (non-hydrogen) atoms. The highest BCUT2D eigenvalue weighted by atomic mass is 16.5. The molecule has 1 aliphatic rings. The Morgan fingerprint density at radius 1 is 1.44 bits per heavy atom. The van der Waals surface area contributed by atoms with E-state index in [-0.39, 0.29) is 5.92 Å². The average Bonchev–Trinajstić information content (AvgIpc) is 2.37. The van der Waals surface area contributed by atoms with E-state index in [9.17, 15) is 9.90 Å². The van der Waals surface area contributed by atoms with Crippen molar-refractivity contribution in [1.82, 2.24) is 0 Å². The molecule has 3 heteroatoms. The number of hydrogen-bond donors (Lipinski definition) is 1. The van der Waals surface area contributed by atoms with Gasteiger partial charge in [0.1, 0.15) is 0 Å². The first-order valence-electron chi connectivity index (χ1n) is 7.29. The zero-order valence-electron chi connectivity index (χ0n) is 12.1. The zero-order valence-corrected chi connectivity index (χ0v) is 12.1. The van der Waals surface area contributed by atoms with Gasteiger partial charge in [-0.3, -0.25) is 4.79 Å². The number of aliphatic carboxylic acids is 1. The molecule has 1 fully saturated rings. The minimum absolute atomic E-state index is 0.206. The molecule has 0 aliphatic heterocycles. The molecule has 0 heterocycles. The molecule has 0 radical (unpaired) electrons. The lowest BCUT2D eigenvalue weighted by Gasteiger charge is -2.41. The fourth-order valence-electron chi connectivity index (χ4n) is 3.38. The lowest BCUT2D eigenvalue weighted by atomic mass is 9.63. The van der Waals surface area contributed by atoms with Gasteiger partial charge in [-0.2, -0.15) is 0 Å². The molecular weight excluding hydrogens is 228 g/mol. The van der Waals surface area contributed by atoms with E-state index in [0.29, 0.717) is 6.61 Å². The van der Waals surface area contributed by atoms with Crippen LogP contribution in [0.25, 0.3) is 0 Å². The van der Waals surface area contributed by atoms with Crippen molar-refractivity contribution < 1.29 is 14.6 Å². The van der Waals surface area contributed by atoms with Crippen LogP contribution in [-0.4, -0.2) is 24.8 Å². The van der Waals surface area contributed by atoms with E-state index >= 15 is 0 Å². The summed E-state index contributed by atoms with van der Waals surface area (Å²) in [5.74, 6) is 0.357. The number of carboxylic acids is 1. The molecule has 1 aliphatic carbocycles. The third-order valence-corrected chi connectivity index (χ3v) is 4.82. The Kier molecular flexibility index (Phi) is 6.13. The van der Waals surface area contributed by atoms with Crippen LogP contribution in [-0.2, 0) is 9.53 Å². The molecule has 0 spiro atoms. The topological polar surface area (TPSA) is 46.5 Å². The summed E-state index contributed by atoms with van der Waals surface area (Å²) < 4.78 is 5.09. The van der Waals surface area contributed by atoms with Crippen LogP contribution in [0.15, 0.2) is 0 Å². The van der Waals surface area contributed by atoms with E-state index in [1.807, 2.05) is 0 Å². The maximum atomic E-state index is 11.7. The predicted octanol–water partition coefficient (Wildman–Crippen LogP) is 3.72. The van der Waals surface area contributed by atoms with Crippen LogP contribution in [0, 0.1) is 17.3 Å².